The molecule has 3 aromatic carbocycles. The summed E-state index contributed by atoms with van der Waals surface area (Å²) < 4.78 is 0. The van der Waals surface area contributed by atoms with Crippen molar-refractivity contribution in [3.8, 4) is 0 Å². The Morgan fingerprint density at radius 2 is 1.63 bits per heavy atom. The third-order valence-corrected chi connectivity index (χ3v) is 5.26. The van der Waals surface area contributed by atoms with Gasteiger partial charge in [0.2, 0.25) is 5.91 Å². The summed E-state index contributed by atoms with van der Waals surface area (Å²) in [6.07, 6.45) is 1.37. The predicted octanol–water partition coefficient (Wildman–Crippen LogP) is 4.95. The van der Waals surface area contributed by atoms with Crippen LogP contribution in [0, 0.1) is 0 Å². The molecule has 0 aliphatic carbocycles. The maximum absolute atomic E-state index is 13.0. The number of nitrogens with zero attached hydrogens (tertiary/aromatic N) is 1. The third-order valence-electron chi connectivity index (χ3n) is 5.01. The van der Waals surface area contributed by atoms with Crippen LogP contribution in [0.3, 0.4) is 0 Å². The van der Waals surface area contributed by atoms with Crippen molar-refractivity contribution in [3.63, 3.8) is 0 Å². The lowest BCUT2D eigenvalue weighted by Gasteiger charge is -2.17. The monoisotopic (exact) mass is 418 g/mol. The van der Waals surface area contributed by atoms with Crippen LogP contribution < -0.4 is 10.2 Å². The maximum Gasteiger partial charge on any atom is 0.256 e. The molecule has 2 amide bonds. The van der Waals surface area contributed by atoms with E-state index in [9.17, 15) is 14.4 Å². The summed E-state index contributed by atoms with van der Waals surface area (Å²) in [6, 6.07) is 20.4. The van der Waals surface area contributed by atoms with E-state index in [1.54, 1.807) is 71.6 Å². The first-order chi connectivity index (χ1) is 14.5. The van der Waals surface area contributed by atoms with Crippen molar-refractivity contribution in [1.82, 2.24) is 0 Å². The lowest BCUT2D eigenvalue weighted by molar-refractivity contribution is -0.117. The van der Waals surface area contributed by atoms with Gasteiger partial charge in [0.1, 0.15) is 0 Å². The maximum atomic E-state index is 13.0. The minimum absolute atomic E-state index is 0.0809. The van der Waals surface area contributed by atoms with Gasteiger partial charge < -0.3 is 10.2 Å². The Labute approximate surface area is 179 Å². The molecule has 1 heterocycles. The molecule has 1 N–H and O–H groups in total. The molecule has 0 unspecified atom stereocenters. The summed E-state index contributed by atoms with van der Waals surface area (Å²) in [7, 11) is 0. The van der Waals surface area contributed by atoms with E-state index >= 15 is 0 Å². The first-order valence-electron chi connectivity index (χ1n) is 9.64. The molecule has 30 heavy (non-hydrogen) atoms. The fourth-order valence-electron chi connectivity index (χ4n) is 3.51. The first-order valence-corrected chi connectivity index (χ1v) is 10.0. The van der Waals surface area contributed by atoms with Gasteiger partial charge >= 0.3 is 0 Å². The zero-order valence-corrected chi connectivity index (χ0v) is 16.9. The Bertz CT molecular complexity index is 1130. The van der Waals surface area contributed by atoms with E-state index in [0.29, 0.717) is 34.8 Å². The van der Waals surface area contributed by atoms with Crippen molar-refractivity contribution < 1.29 is 14.4 Å². The molecule has 1 fully saturated rings. The first kappa shape index (κ1) is 19.9. The molecule has 6 heteroatoms. The highest BCUT2D eigenvalue weighted by Gasteiger charge is 2.22. The van der Waals surface area contributed by atoms with Crippen LogP contribution in [0.1, 0.15) is 39.1 Å². The van der Waals surface area contributed by atoms with Crippen LogP contribution >= 0.6 is 11.6 Å². The highest BCUT2D eigenvalue weighted by Crippen LogP contribution is 2.25. The average Bonchev–Trinajstić information content (AvgIpc) is 3.20. The van der Waals surface area contributed by atoms with E-state index in [-0.39, 0.29) is 17.3 Å². The second-order valence-corrected chi connectivity index (χ2v) is 7.47. The summed E-state index contributed by atoms with van der Waals surface area (Å²) in [6.45, 7) is 0.675. The summed E-state index contributed by atoms with van der Waals surface area (Å²) in [4.78, 5) is 39.6. The van der Waals surface area contributed by atoms with Gasteiger partial charge in [-0.15, -0.1) is 0 Å². The van der Waals surface area contributed by atoms with E-state index in [0.717, 1.165) is 12.1 Å². The Balaban J connectivity index is 1.58. The zero-order valence-electron chi connectivity index (χ0n) is 16.1. The van der Waals surface area contributed by atoms with Crippen molar-refractivity contribution >= 4 is 40.6 Å². The number of amides is 2. The van der Waals surface area contributed by atoms with Gasteiger partial charge in [0.05, 0.1) is 5.56 Å². The highest BCUT2D eigenvalue weighted by atomic mass is 35.5. The number of halogens is 1. The van der Waals surface area contributed by atoms with Crippen LogP contribution in [-0.2, 0) is 4.79 Å². The van der Waals surface area contributed by atoms with Crippen LogP contribution in [0.2, 0.25) is 5.02 Å². The second kappa shape index (κ2) is 8.51. The lowest BCUT2D eigenvalue weighted by atomic mass is 9.98. The number of anilines is 2. The molecular formula is C24H19ClN2O3. The normalized spacial score (nSPS) is 13.4. The Kier molecular flexibility index (Phi) is 5.63. The van der Waals surface area contributed by atoms with Gasteiger partial charge in [0.25, 0.3) is 5.91 Å². The van der Waals surface area contributed by atoms with E-state index in [1.807, 2.05) is 6.07 Å². The van der Waals surface area contributed by atoms with E-state index in [4.69, 9.17) is 11.6 Å². The third kappa shape index (κ3) is 4.11. The number of carbonyl (C=O) groups is 3. The van der Waals surface area contributed by atoms with Gasteiger partial charge in [-0.3, -0.25) is 14.4 Å². The molecule has 0 bridgehead atoms. The summed E-state index contributed by atoms with van der Waals surface area (Å²) >= 11 is 5.90. The molecular weight excluding hydrogens is 400 g/mol. The van der Waals surface area contributed by atoms with Gasteiger partial charge in [-0.05, 0) is 55.0 Å². The summed E-state index contributed by atoms with van der Waals surface area (Å²) in [5, 5.41) is 3.38. The molecule has 5 nitrogen and oxygen atoms in total. The van der Waals surface area contributed by atoms with Crippen molar-refractivity contribution in [2.24, 2.45) is 0 Å². The molecule has 4 rings (SSSR count). The smallest absolute Gasteiger partial charge is 0.256 e. The zero-order chi connectivity index (χ0) is 21.1. The minimum Gasteiger partial charge on any atom is -0.322 e. The molecule has 1 aliphatic rings. The SMILES string of the molecule is O=C(Nc1cccc(N2CCCC2=O)c1)c1ccccc1C(=O)c1ccc(Cl)cc1. The topological polar surface area (TPSA) is 66.5 Å². The predicted molar refractivity (Wildman–Crippen MR) is 117 cm³/mol. The van der Waals surface area contributed by atoms with Crippen LogP contribution in [0.5, 0.6) is 0 Å². The largest absolute Gasteiger partial charge is 0.322 e. The molecule has 0 spiro atoms. The van der Waals surface area contributed by atoms with Crippen molar-refractivity contribution in [1.29, 1.82) is 0 Å². The Morgan fingerprint density at radius 3 is 2.33 bits per heavy atom. The molecule has 1 aliphatic heterocycles. The average molecular weight is 419 g/mol. The van der Waals surface area contributed by atoms with Crippen LogP contribution in [0.15, 0.2) is 72.8 Å². The van der Waals surface area contributed by atoms with Crippen LogP contribution in [0.4, 0.5) is 11.4 Å². The molecule has 0 saturated carbocycles. The number of hydrogen-bond donors (Lipinski definition) is 1. The van der Waals surface area contributed by atoms with Gasteiger partial charge in [0, 0.05) is 40.5 Å². The molecule has 1 saturated heterocycles. The van der Waals surface area contributed by atoms with Gasteiger partial charge in [-0.25, -0.2) is 0 Å². The van der Waals surface area contributed by atoms with Crippen LogP contribution in [0.25, 0.3) is 0 Å². The Hall–Kier alpha value is -3.44. The number of rotatable bonds is 5. The molecule has 0 atom stereocenters. The van der Waals surface area contributed by atoms with E-state index in [2.05, 4.69) is 5.32 Å². The second-order valence-electron chi connectivity index (χ2n) is 7.03. The summed E-state index contributed by atoms with van der Waals surface area (Å²) in [5.74, 6) is -0.566. The number of nitrogens with one attached hydrogen (secondary N) is 1. The lowest BCUT2D eigenvalue weighted by Crippen LogP contribution is -2.24. The van der Waals surface area contributed by atoms with Gasteiger partial charge in [-0.2, -0.15) is 0 Å². The fraction of sp³-hybridized carbons (Fsp3) is 0.125. The minimum atomic E-state index is -0.391. The van der Waals surface area contributed by atoms with E-state index < -0.39 is 5.91 Å². The number of hydrogen-bond acceptors (Lipinski definition) is 3. The molecule has 0 radical (unpaired) electrons. The Morgan fingerprint density at radius 1 is 0.900 bits per heavy atom. The molecule has 150 valence electrons. The summed E-state index contributed by atoms with van der Waals surface area (Å²) in [5.41, 5.74) is 2.35. The standard InChI is InChI=1S/C24H19ClN2O3/c25-17-12-10-16(11-13-17)23(29)20-7-1-2-8-21(20)24(30)26-18-5-3-6-19(15-18)27-14-4-9-22(27)28/h1-3,5-8,10-13,15H,4,9,14H2,(H,26,30). The van der Waals surface area contributed by atoms with Gasteiger partial charge in [0.15, 0.2) is 5.78 Å². The number of ketones is 1. The van der Waals surface area contributed by atoms with Gasteiger partial charge in [-0.1, -0.05) is 35.9 Å². The van der Waals surface area contributed by atoms with Crippen molar-refractivity contribution in [3.05, 3.63) is 94.5 Å². The van der Waals surface area contributed by atoms with Crippen molar-refractivity contribution in [2.45, 2.75) is 12.8 Å². The quantitative estimate of drug-likeness (QED) is 0.596. The highest BCUT2D eigenvalue weighted by molar-refractivity contribution is 6.30. The number of benzene rings is 3. The molecule has 3 aromatic rings. The van der Waals surface area contributed by atoms with E-state index in [1.165, 1.54) is 0 Å². The molecule has 0 aromatic heterocycles. The van der Waals surface area contributed by atoms with Crippen LogP contribution in [-0.4, -0.2) is 24.1 Å². The van der Waals surface area contributed by atoms with Crippen molar-refractivity contribution in [2.75, 3.05) is 16.8 Å². The number of carbonyl (C=O) groups excluding carboxylic acids is 3. The fourth-order valence-corrected chi connectivity index (χ4v) is 3.63.